The summed E-state index contributed by atoms with van der Waals surface area (Å²) in [4.78, 5) is 0.323. The van der Waals surface area contributed by atoms with Crippen molar-refractivity contribution in [3.8, 4) is 0 Å². The molecule has 0 aliphatic rings. The Bertz CT molecular complexity index is 1250. The van der Waals surface area contributed by atoms with Crippen molar-refractivity contribution in [3.05, 3.63) is 59.1 Å². The lowest BCUT2D eigenvalue weighted by atomic mass is 10.2. The quantitative estimate of drug-likeness (QED) is 0.507. The summed E-state index contributed by atoms with van der Waals surface area (Å²) in [7, 11) is -3.93. The van der Waals surface area contributed by atoms with Crippen LogP contribution in [0, 0.1) is 6.92 Å². The molecule has 0 amide bonds. The maximum atomic E-state index is 12.9. The number of aromatic nitrogens is 3. The number of halogens is 1. The number of sulfonamides is 1. The van der Waals surface area contributed by atoms with Crippen LogP contribution in [0.1, 0.15) is 5.56 Å². The number of benzene rings is 2. The number of nitrogens with one attached hydrogen (secondary N) is 1. The van der Waals surface area contributed by atoms with Crippen molar-refractivity contribution < 1.29 is 8.42 Å². The smallest absolute Gasteiger partial charge is 0.261 e. The van der Waals surface area contributed by atoms with Crippen molar-refractivity contribution in [2.75, 3.05) is 4.72 Å². The molecule has 0 atom stereocenters. The van der Waals surface area contributed by atoms with E-state index in [0.29, 0.717) is 16.2 Å². The third-order valence-electron chi connectivity index (χ3n) is 3.99. The van der Waals surface area contributed by atoms with Gasteiger partial charge in [0.2, 0.25) is 5.95 Å². The fourth-order valence-corrected chi connectivity index (χ4v) is 5.25. The molecule has 4 aromatic rings. The maximum absolute atomic E-state index is 12.9. The zero-order valence-corrected chi connectivity index (χ0v) is 16.0. The van der Waals surface area contributed by atoms with Gasteiger partial charge in [-0.25, -0.2) is 13.1 Å². The first kappa shape index (κ1) is 17.1. The standard InChI is InChI=1S/C17H13ClN4O2S2/c1-10-8-12(18)9-14(25)16(10)26(23,24)21-17-20-19-15-7-6-11-4-2-3-5-13(11)22(15)17/h2-9,25H,1H3,(H,20,21). The van der Waals surface area contributed by atoms with Crippen molar-refractivity contribution >= 4 is 56.8 Å². The monoisotopic (exact) mass is 404 g/mol. The normalized spacial score (nSPS) is 12.0. The third kappa shape index (κ3) is 2.80. The largest absolute Gasteiger partial charge is 0.265 e. The summed E-state index contributed by atoms with van der Waals surface area (Å²) < 4.78 is 30.1. The molecule has 2 aromatic carbocycles. The molecule has 2 heterocycles. The zero-order chi connectivity index (χ0) is 18.5. The highest BCUT2D eigenvalue weighted by atomic mass is 35.5. The summed E-state index contributed by atoms with van der Waals surface area (Å²) in [6.07, 6.45) is 0. The lowest BCUT2D eigenvalue weighted by molar-refractivity contribution is 0.598. The first-order valence-electron chi connectivity index (χ1n) is 7.61. The van der Waals surface area contributed by atoms with Crippen LogP contribution in [0.25, 0.3) is 16.6 Å². The molecule has 0 radical (unpaired) electrons. The number of nitrogens with zero attached hydrogens (tertiary/aromatic N) is 3. The number of hydrogen-bond acceptors (Lipinski definition) is 5. The summed E-state index contributed by atoms with van der Waals surface area (Å²) in [5, 5.41) is 9.42. The van der Waals surface area contributed by atoms with Gasteiger partial charge in [-0.15, -0.1) is 22.8 Å². The summed E-state index contributed by atoms with van der Waals surface area (Å²) in [6, 6.07) is 14.3. The molecule has 0 aliphatic carbocycles. The highest BCUT2D eigenvalue weighted by Crippen LogP contribution is 2.29. The molecule has 9 heteroatoms. The molecule has 4 rings (SSSR count). The zero-order valence-electron chi connectivity index (χ0n) is 13.5. The van der Waals surface area contributed by atoms with Crippen LogP contribution in [0.4, 0.5) is 5.95 Å². The molecule has 0 saturated carbocycles. The van der Waals surface area contributed by atoms with Crippen LogP contribution in [0.15, 0.2) is 58.3 Å². The number of para-hydroxylation sites is 1. The average molecular weight is 405 g/mol. The highest BCUT2D eigenvalue weighted by Gasteiger charge is 2.23. The predicted molar refractivity (Wildman–Crippen MR) is 105 cm³/mol. The summed E-state index contributed by atoms with van der Waals surface area (Å²) in [6.45, 7) is 1.66. The van der Waals surface area contributed by atoms with Gasteiger partial charge in [0.15, 0.2) is 5.65 Å². The number of aryl methyl sites for hydroxylation is 1. The topological polar surface area (TPSA) is 76.4 Å². The van der Waals surface area contributed by atoms with Crippen molar-refractivity contribution in [2.24, 2.45) is 0 Å². The van der Waals surface area contributed by atoms with Crippen LogP contribution < -0.4 is 4.72 Å². The van der Waals surface area contributed by atoms with Gasteiger partial charge >= 0.3 is 0 Å². The van der Waals surface area contributed by atoms with E-state index in [4.69, 9.17) is 11.6 Å². The van der Waals surface area contributed by atoms with Crippen molar-refractivity contribution in [1.29, 1.82) is 0 Å². The fraction of sp³-hybridized carbons (Fsp3) is 0.0588. The van der Waals surface area contributed by atoms with E-state index in [0.717, 1.165) is 10.9 Å². The third-order valence-corrected chi connectivity index (χ3v) is 6.24. The molecule has 1 N–H and O–H groups in total. The molecule has 0 aliphatic heterocycles. The highest BCUT2D eigenvalue weighted by molar-refractivity contribution is 7.93. The fourth-order valence-electron chi connectivity index (χ4n) is 2.94. The molecule has 0 saturated heterocycles. The van der Waals surface area contributed by atoms with Crippen LogP contribution in [0.5, 0.6) is 0 Å². The molecular formula is C17H13ClN4O2S2. The molecule has 0 unspecified atom stereocenters. The minimum absolute atomic E-state index is 0.0576. The van der Waals surface area contributed by atoms with Crippen LogP contribution >= 0.6 is 24.2 Å². The minimum Gasteiger partial charge on any atom is -0.261 e. The Morgan fingerprint density at radius 2 is 1.88 bits per heavy atom. The Morgan fingerprint density at radius 3 is 2.65 bits per heavy atom. The number of rotatable bonds is 3. The van der Waals surface area contributed by atoms with Crippen molar-refractivity contribution in [3.63, 3.8) is 0 Å². The Kier molecular flexibility index (Phi) is 4.06. The van der Waals surface area contributed by atoms with Gasteiger partial charge in [-0.05, 0) is 48.2 Å². The predicted octanol–water partition coefficient (Wildman–Crippen LogP) is 3.93. The minimum atomic E-state index is -3.93. The summed E-state index contributed by atoms with van der Waals surface area (Å²) >= 11 is 10.2. The molecular weight excluding hydrogens is 392 g/mol. The summed E-state index contributed by atoms with van der Waals surface area (Å²) in [5.74, 6) is 0.110. The van der Waals surface area contributed by atoms with E-state index in [1.54, 1.807) is 23.5 Å². The van der Waals surface area contributed by atoms with Crippen LogP contribution in [-0.2, 0) is 10.0 Å². The molecule has 26 heavy (non-hydrogen) atoms. The van der Waals surface area contributed by atoms with Crippen LogP contribution in [-0.4, -0.2) is 23.0 Å². The molecule has 0 fully saturated rings. The summed E-state index contributed by atoms with van der Waals surface area (Å²) in [5.41, 5.74) is 1.83. The van der Waals surface area contributed by atoms with Gasteiger partial charge in [-0.1, -0.05) is 29.8 Å². The molecule has 132 valence electrons. The Morgan fingerprint density at radius 1 is 1.12 bits per heavy atom. The second-order valence-corrected chi connectivity index (χ2v) is 8.32. The van der Waals surface area contributed by atoms with E-state index < -0.39 is 10.0 Å². The SMILES string of the molecule is Cc1cc(Cl)cc(S)c1S(=O)(=O)Nc1nnc2ccc3ccccc3n12. The van der Waals surface area contributed by atoms with E-state index >= 15 is 0 Å². The molecule has 0 spiro atoms. The van der Waals surface area contributed by atoms with E-state index in [1.807, 2.05) is 30.3 Å². The number of pyridine rings is 1. The van der Waals surface area contributed by atoms with Crippen molar-refractivity contribution in [2.45, 2.75) is 16.7 Å². The maximum Gasteiger partial charge on any atom is 0.265 e. The first-order chi connectivity index (χ1) is 12.4. The van der Waals surface area contributed by atoms with Gasteiger partial charge in [0.05, 0.1) is 5.52 Å². The van der Waals surface area contributed by atoms with Gasteiger partial charge in [0.1, 0.15) is 4.90 Å². The van der Waals surface area contributed by atoms with E-state index in [1.165, 1.54) is 6.07 Å². The second kappa shape index (κ2) is 6.15. The van der Waals surface area contributed by atoms with Crippen LogP contribution in [0.2, 0.25) is 5.02 Å². The lowest BCUT2D eigenvalue weighted by Gasteiger charge is -2.12. The number of anilines is 1. The Labute approximate surface area is 160 Å². The number of thiol groups is 1. The van der Waals surface area contributed by atoms with E-state index in [9.17, 15) is 8.42 Å². The van der Waals surface area contributed by atoms with Gasteiger partial charge in [0.25, 0.3) is 10.0 Å². The molecule has 6 nitrogen and oxygen atoms in total. The Hall–Kier alpha value is -2.29. The van der Waals surface area contributed by atoms with E-state index in [2.05, 4.69) is 27.5 Å². The van der Waals surface area contributed by atoms with Gasteiger partial charge < -0.3 is 0 Å². The van der Waals surface area contributed by atoms with Gasteiger partial charge in [0, 0.05) is 9.92 Å². The van der Waals surface area contributed by atoms with Crippen LogP contribution in [0.3, 0.4) is 0 Å². The first-order valence-corrected chi connectivity index (χ1v) is 9.92. The van der Waals surface area contributed by atoms with Gasteiger partial charge in [-0.2, -0.15) is 0 Å². The number of fused-ring (bicyclic) bond motifs is 3. The number of hydrogen-bond donors (Lipinski definition) is 2. The van der Waals surface area contributed by atoms with Gasteiger partial charge in [-0.3, -0.25) is 4.40 Å². The lowest BCUT2D eigenvalue weighted by Crippen LogP contribution is -2.17. The molecule has 2 aromatic heterocycles. The Balaban J connectivity index is 1.89. The average Bonchev–Trinajstić information content (AvgIpc) is 2.96. The molecule has 0 bridgehead atoms. The van der Waals surface area contributed by atoms with Crippen molar-refractivity contribution in [1.82, 2.24) is 14.6 Å². The second-order valence-electron chi connectivity index (χ2n) is 5.79. The van der Waals surface area contributed by atoms with E-state index in [-0.39, 0.29) is 15.7 Å².